The molecule has 14 heavy (non-hydrogen) atoms. The van der Waals surface area contributed by atoms with E-state index in [1.165, 1.54) is 25.7 Å². The second-order valence-corrected chi connectivity index (χ2v) is 4.05. The molecular formula is C12H19NO. The maximum absolute atomic E-state index is 11.5. The van der Waals surface area contributed by atoms with E-state index in [0.29, 0.717) is 12.3 Å². The lowest BCUT2D eigenvalue weighted by Gasteiger charge is -2.13. The van der Waals surface area contributed by atoms with Gasteiger partial charge in [-0.2, -0.15) is 0 Å². The summed E-state index contributed by atoms with van der Waals surface area (Å²) in [5.74, 6) is 3.30. The Morgan fingerprint density at radius 3 is 2.71 bits per heavy atom. The Labute approximate surface area is 86.5 Å². The maximum atomic E-state index is 11.5. The monoisotopic (exact) mass is 193 g/mol. The van der Waals surface area contributed by atoms with Crippen molar-refractivity contribution in [1.29, 1.82) is 0 Å². The molecule has 1 aliphatic carbocycles. The van der Waals surface area contributed by atoms with Crippen LogP contribution in [0.25, 0.3) is 0 Å². The molecule has 1 aliphatic rings. The zero-order valence-corrected chi connectivity index (χ0v) is 8.88. The first-order valence-corrected chi connectivity index (χ1v) is 5.51. The molecule has 1 amide bonds. The van der Waals surface area contributed by atoms with Crippen molar-refractivity contribution in [3.63, 3.8) is 0 Å². The maximum Gasteiger partial charge on any atom is 0.221 e. The van der Waals surface area contributed by atoms with E-state index in [0.717, 1.165) is 6.42 Å². The standard InChI is InChI=1S/C12H19NO/c1-3-11(4-2)13-12(14)9-10-7-5-6-8-10/h1,10-11H,4-9H2,2H3,(H,13,14). The van der Waals surface area contributed by atoms with E-state index in [1.54, 1.807) is 0 Å². The molecule has 0 heterocycles. The van der Waals surface area contributed by atoms with E-state index in [4.69, 9.17) is 6.42 Å². The average Bonchev–Trinajstić information content (AvgIpc) is 2.66. The van der Waals surface area contributed by atoms with Gasteiger partial charge in [-0.25, -0.2) is 0 Å². The molecule has 1 saturated carbocycles. The Morgan fingerprint density at radius 2 is 2.21 bits per heavy atom. The van der Waals surface area contributed by atoms with E-state index in [-0.39, 0.29) is 11.9 Å². The molecule has 1 atom stereocenters. The molecule has 0 saturated heterocycles. The number of hydrogen-bond donors (Lipinski definition) is 1. The molecular weight excluding hydrogens is 174 g/mol. The summed E-state index contributed by atoms with van der Waals surface area (Å²) in [5, 5.41) is 2.87. The molecule has 1 fully saturated rings. The van der Waals surface area contributed by atoms with Gasteiger partial charge in [0.2, 0.25) is 5.91 Å². The summed E-state index contributed by atoms with van der Waals surface area (Å²) in [6.07, 6.45) is 11.7. The first kappa shape index (κ1) is 11.1. The third kappa shape index (κ3) is 3.41. The fraction of sp³-hybridized carbons (Fsp3) is 0.750. The molecule has 0 spiro atoms. The van der Waals surface area contributed by atoms with Crippen LogP contribution in [0.3, 0.4) is 0 Å². The Kier molecular flexibility index (Phi) is 4.52. The van der Waals surface area contributed by atoms with Crippen LogP contribution < -0.4 is 5.32 Å². The van der Waals surface area contributed by atoms with Gasteiger partial charge in [-0.05, 0) is 25.2 Å². The summed E-state index contributed by atoms with van der Waals surface area (Å²) in [7, 11) is 0. The predicted octanol–water partition coefficient (Wildman–Crippen LogP) is 2.09. The Balaban J connectivity index is 2.24. The molecule has 1 N–H and O–H groups in total. The molecule has 0 radical (unpaired) electrons. The molecule has 1 rings (SSSR count). The lowest BCUT2D eigenvalue weighted by Crippen LogP contribution is -2.34. The van der Waals surface area contributed by atoms with Gasteiger partial charge in [0.25, 0.3) is 0 Å². The van der Waals surface area contributed by atoms with Crippen LogP contribution in [0.5, 0.6) is 0 Å². The molecule has 1 unspecified atom stereocenters. The van der Waals surface area contributed by atoms with Gasteiger partial charge in [0, 0.05) is 6.42 Å². The predicted molar refractivity (Wildman–Crippen MR) is 57.6 cm³/mol. The highest BCUT2D eigenvalue weighted by Crippen LogP contribution is 2.27. The normalized spacial score (nSPS) is 18.9. The quantitative estimate of drug-likeness (QED) is 0.681. The first-order valence-electron chi connectivity index (χ1n) is 5.51. The van der Waals surface area contributed by atoms with E-state index >= 15 is 0 Å². The van der Waals surface area contributed by atoms with Crippen molar-refractivity contribution in [1.82, 2.24) is 5.32 Å². The van der Waals surface area contributed by atoms with Crippen LogP contribution in [-0.2, 0) is 4.79 Å². The Bertz CT molecular complexity index is 223. The number of terminal acetylenes is 1. The van der Waals surface area contributed by atoms with Crippen LogP contribution >= 0.6 is 0 Å². The van der Waals surface area contributed by atoms with Gasteiger partial charge in [0.05, 0.1) is 6.04 Å². The second kappa shape index (κ2) is 5.70. The highest BCUT2D eigenvalue weighted by molar-refractivity contribution is 5.76. The summed E-state index contributed by atoms with van der Waals surface area (Å²) >= 11 is 0. The van der Waals surface area contributed by atoms with Gasteiger partial charge in [0.1, 0.15) is 0 Å². The number of nitrogens with one attached hydrogen (secondary N) is 1. The number of carbonyl (C=O) groups excluding carboxylic acids is 1. The molecule has 0 aromatic rings. The minimum atomic E-state index is -0.0797. The number of hydrogen-bond acceptors (Lipinski definition) is 1. The van der Waals surface area contributed by atoms with E-state index in [2.05, 4.69) is 11.2 Å². The highest BCUT2D eigenvalue weighted by atomic mass is 16.1. The van der Waals surface area contributed by atoms with Crippen LogP contribution in [0, 0.1) is 18.3 Å². The van der Waals surface area contributed by atoms with Crippen molar-refractivity contribution in [3.8, 4) is 12.3 Å². The Hall–Kier alpha value is -0.970. The number of amides is 1. The molecule has 2 heteroatoms. The van der Waals surface area contributed by atoms with Gasteiger partial charge < -0.3 is 5.32 Å². The summed E-state index contributed by atoms with van der Waals surface area (Å²) in [5.41, 5.74) is 0. The summed E-state index contributed by atoms with van der Waals surface area (Å²) in [6, 6.07) is -0.0797. The molecule has 2 nitrogen and oxygen atoms in total. The van der Waals surface area contributed by atoms with Crippen molar-refractivity contribution in [3.05, 3.63) is 0 Å². The molecule has 78 valence electrons. The van der Waals surface area contributed by atoms with E-state index in [9.17, 15) is 4.79 Å². The van der Waals surface area contributed by atoms with Gasteiger partial charge >= 0.3 is 0 Å². The van der Waals surface area contributed by atoms with Gasteiger partial charge in [0.15, 0.2) is 0 Å². The molecule has 0 aliphatic heterocycles. The van der Waals surface area contributed by atoms with Crippen LogP contribution in [0.15, 0.2) is 0 Å². The fourth-order valence-electron chi connectivity index (χ4n) is 1.99. The minimum absolute atomic E-state index is 0.0797. The fourth-order valence-corrected chi connectivity index (χ4v) is 1.99. The smallest absolute Gasteiger partial charge is 0.221 e. The number of carbonyl (C=O) groups is 1. The second-order valence-electron chi connectivity index (χ2n) is 4.05. The van der Waals surface area contributed by atoms with Crippen LogP contribution in [0.4, 0.5) is 0 Å². The highest BCUT2D eigenvalue weighted by Gasteiger charge is 2.19. The SMILES string of the molecule is C#CC(CC)NC(=O)CC1CCCC1. The summed E-state index contributed by atoms with van der Waals surface area (Å²) < 4.78 is 0. The van der Waals surface area contributed by atoms with Crippen LogP contribution in [0.2, 0.25) is 0 Å². The third-order valence-corrected chi connectivity index (χ3v) is 2.89. The third-order valence-electron chi connectivity index (χ3n) is 2.89. The van der Waals surface area contributed by atoms with E-state index in [1.807, 2.05) is 6.92 Å². The molecule has 0 aromatic carbocycles. The van der Waals surface area contributed by atoms with E-state index < -0.39 is 0 Å². The van der Waals surface area contributed by atoms with Gasteiger partial charge in [-0.3, -0.25) is 4.79 Å². The van der Waals surface area contributed by atoms with Crippen molar-refractivity contribution < 1.29 is 4.79 Å². The van der Waals surface area contributed by atoms with Crippen LogP contribution in [0.1, 0.15) is 45.4 Å². The first-order chi connectivity index (χ1) is 6.76. The zero-order valence-electron chi connectivity index (χ0n) is 8.88. The lowest BCUT2D eigenvalue weighted by atomic mass is 10.0. The lowest BCUT2D eigenvalue weighted by molar-refractivity contribution is -0.122. The van der Waals surface area contributed by atoms with Gasteiger partial charge in [-0.15, -0.1) is 6.42 Å². The Morgan fingerprint density at radius 1 is 1.57 bits per heavy atom. The van der Waals surface area contributed by atoms with Crippen LogP contribution in [-0.4, -0.2) is 11.9 Å². The average molecular weight is 193 g/mol. The largest absolute Gasteiger partial charge is 0.342 e. The zero-order chi connectivity index (χ0) is 10.4. The molecule has 0 aromatic heterocycles. The van der Waals surface area contributed by atoms with Crippen molar-refractivity contribution in [2.75, 3.05) is 0 Å². The topological polar surface area (TPSA) is 29.1 Å². The molecule has 0 bridgehead atoms. The van der Waals surface area contributed by atoms with Crippen molar-refractivity contribution in [2.24, 2.45) is 5.92 Å². The van der Waals surface area contributed by atoms with Crippen molar-refractivity contribution >= 4 is 5.91 Å². The number of rotatable bonds is 4. The van der Waals surface area contributed by atoms with Crippen molar-refractivity contribution in [2.45, 2.75) is 51.5 Å². The summed E-state index contributed by atoms with van der Waals surface area (Å²) in [4.78, 5) is 11.5. The van der Waals surface area contributed by atoms with Gasteiger partial charge in [-0.1, -0.05) is 25.7 Å². The minimum Gasteiger partial charge on any atom is -0.342 e. The summed E-state index contributed by atoms with van der Waals surface area (Å²) in [6.45, 7) is 1.99.